The van der Waals surface area contributed by atoms with Crippen LogP contribution in [0.1, 0.15) is 73.9 Å². The van der Waals surface area contributed by atoms with Gasteiger partial charge in [-0.1, -0.05) is 185 Å². The van der Waals surface area contributed by atoms with E-state index < -0.39 is 0 Å². The van der Waals surface area contributed by atoms with Gasteiger partial charge in [0.05, 0.1) is 0 Å². The summed E-state index contributed by atoms with van der Waals surface area (Å²) in [7, 11) is 0. The summed E-state index contributed by atoms with van der Waals surface area (Å²) in [6.07, 6.45) is 4.11. The normalized spacial score (nSPS) is 14.1. The van der Waals surface area contributed by atoms with Crippen LogP contribution in [-0.4, -0.2) is 0 Å². The van der Waals surface area contributed by atoms with Crippen molar-refractivity contribution in [3.63, 3.8) is 0 Å². The Hall–Kier alpha value is -5.20. The standard InChI is InChI=1S/C51H48/c1-35(2)33-51(34-36(3)4,49-45-21-13-11-19-43(45)31-47(49)41-27-23-39(24-28-41)37-15-7-5-8-16-37)50-46-22-14-12-20-44(46)32-48(50)42-29-25-40(26-30-42)38-17-9-6-10-18-38/h5-30,35-36H,31-34H2,1-4H3. The molecule has 0 saturated carbocycles. The molecule has 0 bridgehead atoms. The zero-order valence-electron chi connectivity index (χ0n) is 30.5. The maximum Gasteiger partial charge on any atom is 0.0226 e. The Labute approximate surface area is 305 Å². The summed E-state index contributed by atoms with van der Waals surface area (Å²) >= 11 is 0. The van der Waals surface area contributed by atoms with Crippen LogP contribution in [0.5, 0.6) is 0 Å². The van der Waals surface area contributed by atoms with Crippen molar-refractivity contribution >= 4 is 22.3 Å². The van der Waals surface area contributed by atoms with E-state index in [1.165, 1.54) is 66.8 Å². The van der Waals surface area contributed by atoms with Gasteiger partial charge in [-0.25, -0.2) is 0 Å². The van der Waals surface area contributed by atoms with Crippen LogP contribution in [0.25, 0.3) is 44.5 Å². The van der Waals surface area contributed by atoms with E-state index in [9.17, 15) is 0 Å². The van der Waals surface area contributed by atoms with Crippen molar-refractivity contribution in [1.82, 2.24) is 0 Å². The van der Waals surface area contributed by atoms with Gasteiger partial charge in [-0.05, 0) is 115 Å². The average molecular weight is 661 g/mol. The van der Waals surface area contributed by atoms with Gasteiger partial charge in [-0.2, -0.15) is 0 Å². The summed E-state index contributed by atoms with van der Waals surface area (Å²) in [5.74, 6) is 1.01. The lowest BCUT2D eigenvalue weighted by Crippen LogP contribution is -2.29. The molecule has 51 heavy (non-hydrogen) atoms. The highest BCUT2D eigenvalue weighted by atomic mass is 14.5. The molecule has 252 valence electrons. The zero-order valence-corrected chi connectivity index (χ0v) is 30.5. The topological polar surface area (TPSA) is 0 Å². The van der Waals surface area contributed by atoms with Gasteiger partial charge in [0.2, 0.25) is 0 Å². The van der Waals surface area contributed by atoms with Crippen molar-refractivity contribution in [2.45, 2.75) is 53.4 Å². The van der Waals surface area contributed by atoms with Gasteiger partial charge in [0.25, 0.3) is 0 Å². The first kappa shape index (κ1) is 33.0. The lowest BCUT2D eigenvalue weighted by atomic mass is 9.60. The van der Waals surface area contributed by atoms with E-state index in [0.717, 1.165) is 25.7 Å². The lowest BCUT2D eigenvalue weighted by molar-refractivity contribution is 0.337. The van der Waals surface area contributed by atoms with E-state index in [1.807, 2.05) is 0 Å². The van der Waals surface area contributed by atoms with Gasteiger partial charge in [0, 0.05) is 5.41 Å². The lowest BCUT2D eigenvalue weighted by Gasteiger charge is -2.43. The number of hydrogen-bond donors (Lipinski definition) is 0. The van der Waals surface area contributed by atoms with Gasteiger partial charge in [0.1, 0.15) is 0 Å². The molecule has 6 aromatic carbocycles. The van der Waals surface area contributed by atoms with Gasteiger partial charge in [0.15, 0.2) is 0 Å². The van der Waals surface area contributed by atoms with Crippen molar-refractivity contribution in [2.75, 3.05) is 0 Å². The molecule has 0 amide bonds. The average Bonchev–Trinajstić information content (AvgIpc) is 3.75. The first-order valence-electron chi connectivity index (χ1n) is 18.9. The molecule has 0 nitrogen and oxygen atoms in total. The van der Waals surface area contributed by atoms with E-state index in [2.05, 4.69) is 185 Å². The van der Waals surface area contributed by atoms with Crippen LogP contribution in [0, 0.1) is 17.3 Å². The number of benzene rings is 6. The third-order valence-corrected chi connectivity index (χ3v) is 11.1. The van der Waals surface area contributed by atoms with E-state index in [-0.39, 0.29) is 5.41 Å². The molecule has 2 aliphatic carbocycles. The summed E-state index contributed by atoms with van der Waals surface area (Å²) in [4.78, 5) is 0. The van der Waals surface area contributed by atoms with Crippen molar-refractivity contribution in [3.05, 3.63) is 191 Å². The number of allylic oxidation sites excluding steroid dienone is 4. The van der Waals surface area contributed by atoms with Gasteiger partial charge >= 0.3 is 0 Å². The van der Waals surface area contributed by atoms with Crippen molar-refractivity contribution in [3.8, 4) is 22.3 Å². The predicted octanol–water partition coefficient (Wildman–Crippen LogP) is 13.7. The minimum absolute atomic E-state index is 0.178. The molecule has 0 radical (unpaired) electrons. The maximum absolute atomic E-state index is 2.43. The second-order valence-electron chi connectivity index (χ2n) is 15.5. The van der Waals surface area contributed by atoms with E-state index in [4.69, 9.17) is 0 Å². The molecule has 0 saturated heterocycles. The summed E-state index contributed by atoms with van der Waals surface area (Å²) in [6.45, 7) is 9.72. The highest BCUT2D eigenvalue weighted by Gasteiger charge is 2.47. The van der Waals surface area contributed by atoms with Crippen molar-refractivity contribution in [2.24, 2.45) is 17.3 Å². The molecule has 8 rings (SSSR count). The molecule has 0 heterocycles. The molecule has 0 heteroatoms. The number of fused-ring (bicyclic) bond motifs is 2. The fourth-order valence-corrected chi connectivity index (χ4v) is 9.30. The quantitative estimate of drug-likeness (QED) is 0.137. The first-order chi connectivity index (χ1) is 24.9. The van der Waals surface area contributed by atoms with Crippen LogP contribution >= 0.6 is 0 Å². The largest absolute Gasteiger partial charge is 0.0627 e. The van der Waals surface area contributed by atoms with Crippen LogP contribution in [0.2, 0.25) is 0 Å². The van der Waals surface area contributed by atoms with Crippen LogP contribution in [0.3, 0.4) is 0 Å². The van der Waals surface area contributed by atoms with Crippen LogP contribution in [-0.2, 0) is 12.8 Å². The second-order valence-corrected chi connectivity index (χ2v) is 15.5. The zero-order chi connectivity index (χ0) is 35.0. The summed E-state index contributed by atoms with van der Waals surface area (Å²) in [6, 6.07) is 59.0. The molecule has 0 fully saturated rings. The Morgan fingerprint density at radius 2 is 0.686 bits per heavy atom. The molecule has 0 spiro atoms. The Morgan fingerprint density at radius 3 is 1.06 bits per heavy atom. The Balaban J connectivity index is 1.39. The highest BCUT2D eigenvalue weighted by Crippen LogP contribution is 2.63. The first-order valence-corrected chi connectivity index (χ1v) is 18.9. The van der Waals surface area contributed by atoms with E-state index >= 15 is 0 Å². The molecule has 2 aliphatic rings. The maximum atomic E-state index is 2.43. The molecule has 0 aromatic heterocycles. The molecular weight excluding hydrogens is 613 g/mol. The Kier molecular flexibility index (Phi) is 8.95. The highest BCUT2D eigenvalue weighted by molar-refractivity contribution is 6.10. The fourth-order valence-electron chi connectivity index (χ4n) is 9.30. The van der Waals surface area contributed by atoms with Crippen molar-refractivity contribution in [1.29, 1.82) is 0 Å². The third kappa shape index (κ3) is 6.23. The van der Waals surface area contributed by atoms with Crippen LogP contribution < -0.4 is 0 Å². The summed E-state index contributed by atoms with van der Waals surface area (Å²) in [5.41, 5.74) is 19.4. The number of hydrogen-bond acceptors (Lipinski definition) is 0. The summed E-state index contributed by atoms with van der Waals surface area (Å²) < 4.78 is 0. The SMILES string of the molecule is CC(C)CC(CC(C)C)(C1=C(c2ccc(-c3ccccc3)cc2)Cc2ccccc21)C1=C(c2ccc(-c3ccccc3)cc2)Cc2ccccc21. The van der Waals surface area contributed by atoms with E-state index in [1.54, 1.807) is 11.1 Å². The molecule has 6 aromatic rings. The van der Waals surface area contributed by atoms with Crippen LogP contribution in [0.15, 0.2) is 158 Å². The second kappa shape index (κ2) is 13.8. The third-order valence-electron chi connectivity index (χ3n) is 11.1. The molecule has 0 N–H and O–H groups in total. The Bertz CT molecular complexity index is 2050. The fraction of sp³-hybridized carbons (Fsp3) is 0.216. The van der Waals surface area contributed by atoms with Crippen molar-refractivity contribution < 1.29 is 0 Å². The monoisotopic (exact) mass is 660 g/mol. The van der Waals surface area contributed by atoms with Crippen LogP contribution in [0.4, 0.5) is 0 Å². The molecule has 0 unspecified atom stereocenters. The van der Waals surface area contributed by atoms with Gasteiger partial charge in [-0.15, -0.1) is 0 Å². The smallest absolute Gasteiger partial charge is 0.0226 e. The number of rotatable bonds is 10. The summed E-state index contributed by atoms with van der Waals surface area (Å²) in [5, 5.41) is 0. The predicted molar refractivity (Wildman–Crippen MR) is 219 cm³/mol. The molecular formula is C51H48. The minimum Gasteiger partial charge on any atom is -0.0627 e. The molecule has 0 atom stereocenters. The van der Waals surface area contributed by atoms with E-state index in [0.29, 0.717) is 11.8 Å². The minimum atomic E-state index is -0.178. The molecule has 0 aliphatic heterocycles. The van der Waals surface area contributed by atoms with Gasteiger partial charge < -0.3 is 0 Å². The Morgan fingerprint density at radius 1 is 0.373 bits per heavy atom. The van der Waals surface area contributed by atoms with Gasteiger partial charge in [-0.3, -0.25) is 0 Å².